The van der Waals surface area contributed by atoms with Crippen LogP contribution in [0.25, 0.3) is 5.65 Å². The molecule has 1 fully saturated rings. The van der Waals surface area contributed by atoms with E-state index in [1.807, 2.05) is 24.0 Å². The molecule has 0 amide bonds. The van der Waals surface area contributed by atoms with Gasteiger partial charge in [-0.1, -0.05) is 6.08 Å². The van der Waals surface area contributed by atoms with Crippen LogP contribution >= 0.6 is 11.8 Å². The number of nitrogen functional groups attached to an aromatic ring is 1. The van der Waals surface area contributed by atoms with Crippen LogP contribution in [0.5, 0.6) is 0 Å². The Kier molecular flexibility index (Phi) is 3.35. The number of anilines is 1. The standard InChI is InChI=1S/C15H19N5S/c16-14-6-13(10-2-1-4-17-7-10)19-15-12(8-18-20(14)15)11-3-5-21-9-11/h3,5-6,8,10-11,17H,1-2,4,7,9,16H2. The first-order valence-electron chi connectivity index (χ1n) is 7.46. The van der Waals surface area contributed by atoms with Crippen LogP contribution in [0.4, 0.5) is 5.82 Å². The van der Waals surface area contributed by atoms with Crippen molar-refractivity contribution >= 4 is 23.2 Å². The van der Waals surface area contributed by atoms with Crippen molar-refractivity contribution in [3.63, 3.8) is 0 Å². The predicted octanol–water partition coefficient (Wildman–Crippen LogP) is 2.12. The van der Waals surface area contributed by atoms with Crippen molar-refractivity contribution in [1.29, 1.82) is 0 Å². The number of nitrogens with zero attached hydrogens (tertiary/aromatic N) is 3. The maximum absolute atomic E-state index is 6.19. The van der Waals surface area contributed by atoms with Gasteiger partial charge in [-0.15, -0.1) is 11.8 Å². The summed E-state index contributed by atoms with van der Waals surface area (Å²) < 4.78 is 1.77. The summed E-state index contributed by atoms with van der Waals surface area (Å²) in [6.07, 6.45) is 6.53. The number of nitrogens with one attached hydrogen (secondary N) is 1. The molecule has 0 bridgehead atoms. The second-order valence-corrected chi connectivity index (χ2v) is 6.69. The minimum Gasteiger partial charge on any atom is -0.384 e. The summed E-state index contributed by atoms with van der Waals surface area (Å²) >= 11 is 1.84. The van der Waals surface area contributed by atoms with Gasteiger partial charge in [-0.3, -0.25) is 0 Å². The lowest BCUT2D eigenvalue weighted by molar-refractivity contribution is 0.455. The van der Waals surface area contributed by atoms with E-state index in [4.69, 9.17) is 10.7 Å². The van der Waals surface area contributed by atoms with Gasteiger partial charge >= 0.3 is 0 Å². The van der Waals surface area contributed by atoms with E-state index in [-0.39, 0.29) is 0 Å². The van der Waals surface area contributed by atoms with Crippen LogP contribution in [0.2, 0.25) is 0 Å². The van der Waals surface area contributed by atoms with E-state index in [9.17, 15) is 0 Å². The molecule has 6 heteroatoms. The Morgan fingerprint density at radius 1 is 1.43 bits per heavy atom. The quantitative estimate of drug-likeness (QED) is 0.889. The molecule has 4 heterocycles. The molecule has 0 saturated carbocycles. The Balaban J connectivity index is 1.79. The van der Waals surface area contributed by atoms with E-state index in [0.717, 1.165) is 30.2 Å². The number of allylic oxidation sites excluding steroid dienone is 1. The fourth-order valence-corrected chi connectivity index (χ4v) is 4.07. The Labute approximate surface area is 128 Å². The molecule has 2 atom stereocenters. The van der Waals surface area contributed by atoms with E-state index in [1.54, 1.807) is 4.52 Å². The second-order valence-electron chi connectivity index (χ2n) is 5.75. The normalized spacial score (nSPS) is 25.7. The molecule has 5 nitrogen and oxygen atoms in total. The second kappa shape index (κ2) is 5.35. The molecule has 2 aliphatic rings. The van der Waals surface area contributed by atoms with Gasteiger partial charge in [-0.25, -0.2) is 4.98 Å². The topological polar surface area (TPSA) is 68.2 Å². The van der Waals surface area contributed by atoms with E-state index in [0.29, 0.717) is 17.7 Å². The van der Waals surface area contributed by atoms with Crippen LogP contribution in [-0.4, -0.2) is 33.4 Å². The molecule has 2 aliphatic heterocycles. The summed E-state index contributed by atoms with van der Waals surface area (Å²) in [5, 5.41) is 10.0. The summed E-state index contributed by atoms with van der Waals surface area (Å²) in [5.74, 6) is 2.61. The average molecular weight is 301 g/mol. The molecule has 3 N–H and O–H groups in total. The van der Waals surface area contributed by atoms with Crippen molar-refractivity contribution in [1.82, 2.24) is 19.9 Å². The average Bonchev–Trinajstić information content (AvgIpc) is 3.16. The van der Waals surface area contributed by atoms with Crippen LogP contribution in [-0.2, 0) is 0 Å². The molecule has 2 aromatic heterocycles. The Morgan fingerprint density at radius 2 is 2.38 bits per heavy atom. The van der Waals surface area contributed by atoms with Crippen LogP contribution < -0.4 is 11.1 Å². The van der Waals surface area contributed by atoms with Crippen molar-refractivity contribution in [2.24, 2.45) is 0 Å². The van der Waals surface area contributed by atoms with Crippen molar-refractivity contribution in [3.8, 4) is 0 Å². The maximum atomic E-state index is 6.19. The minimum absolute atomic E-state index is 0.402. The summed E-state index contributed by atoms with van der Waals surface area (Å²) in [7, 11) is 0. The largest absolute Gasteiger partial charge is 0.384 e. The van der Waals surface area contributed by atoms with Gasteiger partial charge in [0, 0.05) is 35.8 Å². The van der Waals surface area contributed by atoms with Gasteiger partial charge < -0.3 is 11.1 Å². The molecule has 0 aromatic carbocycles. The van der Waals surface area contributed by atoms with E-state index < -0.39 is 0 Å². The van der Waals surface area contributed by atoms with Crippen LogP contribution in [0.1, 0.15) is 35.9 Å². The number of piperidine rings is 1. The molecule has 2 aromatic rings. The van der Waals surface area contributed by atoms with Crippen LogP contribution in [0.15, 0.2) is 23.7 Å². The number of nitrogens with two attached hydrogens (primary N) is 1. The number of aromatic nitrogens is 3. The van der Waals surface area contributed by atoms with Crippen molar-refractivity contribution in [2.75, 3.05) is 24.6 Å². The van der Waals surface area contributed by atoms with E-state index >= 15 is 0 Å². The lowest BCUT2D eigenvalue weighted by atomic mass is 9.95. The number of fused-ring (bicyclic) bond motifs is 1. The first-order valence-corrected chi connectivity index (χ1v) is 8.51. The van der Waals surface area contributed by atoms with Gasteiger partial charge in [0.1, 0.15) is 5.82 Å². The molecule has 2 unspecified atom stereocenters. The third-order valence-corrected chi connectivity index (χ3v) is 5.25. The smallest absolute Gasteiger partial charge is 0.161 e. The molecule has 0 aliphatic carbocycles. The Hall–Kier alpha value is -1.53. The van der Waals surface area contributed by atoms with Crippen molar-refractivity contribution in [3.05, 3.63) is 35.0 Å². The zero-order chi connectivity index (χ0) is 14.2. The third-order valence-electron chi connectivity index (χ3n) is 4.34. The molecular formula is C15H19N5S. The molecule has 21 heavy (non-hydrogen) atoms. The highest BCUT2D eigenvalue weighted by Gasteiger charge is 2.22. The number of rotatable bonds is 2. The summed E-state index contributed by atoms with van der Waals surface area (Å²) in [6.45, 7) is 2.10. The van der Waals surface area contributed by atoms with Gasteiger partial charge in [0.15, 0.2) is 5.65 Å². The fraction of sp³-hybridized carbons (Fsp3) is 0.467. The highest BCUT2D eigenvalue weighted by atomic mass is 32.2. The van der Waals surface area contributed by atoms with Crippen molar-refractivity contribution in [2.45, 2.75) is 24.7 Å². The first kappa shape index (κ1) is 13.2. The van der Waals surface area contributed by atoms with Gasteiger partial charge in [0.2, 0.25) is 0 Å². The lowest BCUT2D eigenvalue weighted by Crippen LogP contribution is -2.29. The first-order chi connectivity index (χ1) is 10.3. The van der Waals surface area contributed by atoms with Gasteiger partial charge in [-0.05, 0) is 24.8 Å². The zero-order valence-electron chi connectivity index (χ0n) is 11.8. The summed E-state index contributed by atoms with van der Waals surface area (Å²) in [5.41, 5.74) is 9.41. The highest BCUT2D eigenvalue weighted by Crippen LogP contribution is 2.33. The number of thioether (sulfide) groups is 1. The number of hydrogen-bond acceptors (Lipinski definition) is 5. The minimum atomic E-state index is 0.402. The molecule has 4 rings (SSSR count). The van der Waals surface area contributed by atoms with Crippen LogP contribution in [0, 0.1) is 0 Å². The molecule has 0 radical (unpaired) electrons. The van der Waals surface area contributed by atoms with Gasteiger partial charge in [0.25, 0.3) is 0 Å². The number of hydrogen-bond donors (Lipinski definition) is 2. The van der Waals surface area contributed by atoms with Crippen LogP contribution in [0.3, 0.4) is 0 Å². The molecule has 110 valence electrons. The van der Waals surface area contributed by atoms with Gasteiger partial charge in [0.05, 0.1) is 11.9 Å². The molecule has 0 spiro atoms. The van der Waals surface area contributed by atoms with E-state index in [2.05, 4.69) is 21.9 Å². The van der Waals surface area contributed by atoms with Gasteiger partial charge in [-0.2, -0.15) is 9.61 Å². The van der Waals surface area contributed by atoms with Crippen molar-refractivity contribution < 1.29 is 0 Å². The SMILES string of the molecule is Nc1cc(C2CCCNC2)nc2c(C3C=CSC3)cnn12. The third kappa shape index (κ3) is 2.32. The summed E-state index contributed by atoms with van der Waals surface area (Å²) in [6, 6.07) is 1.99. The molecular weight excluding hydrogens is 282 g/mol. The maximum Gasteiger partial charge on any atom is 0.161 e. The summed E-state index contributed by atoms with van der Waals surface area (Å²) in [4.78, 5) is 4.90. The Bertz CT molecular complexity index is 687. The highest BCUT2D eigenvalue weighted by molar-refractivity contribution is 8.02. The molecule has 1 saturated heterocycles. The Morgan fingerprint density at radius 3 is 3.14 bits per heavy atom. The predicted molar refractivity (Wildman–Crippen MR) is 86.6 cm³/mol. The zero-order valence-corrected chi connectivity index (χ0v) is 12.6. The fourth-order valence-electron chi connectivity index (χ4n) is 3.16. The lowest BCUT2D eigenvalue weighted by Gasteiger charge is -2.22. The van der Waals surface area contributed by atoms with E-state index in [1.165, 1.54) is 18.4 Å². The monoisotopic (exact) mass is 301 g/mol.